The minimum Gasteiger partial charge on any atom is -0.362 e. The second-order valence-electron chi connectivity index (χ2n) is 3.72. The molecule has 0 bridgehead atoms. The van der Waals surface area contributed by atoms with Gasteiger partial charge in [-0.3, -0.25) is 4.55 Å². The van der Waals surface area contributed by atoms with Crippen LogP contribution in [0, 0.1) is 0 Å². The molecule has 1 aromatic carbocycles. The van der Waals surface area contributed by atoms with Crippen LogP contribution in [0.15, 0.2) is 24.3 Å². The van der Waals surface area contributed by atoms with Crippen LogP contribution in [-0.2, 0) is 10.4 Å². The zero-order valence-electron chi connectivity index (χ0n) is 9.41. The third-order valence-electron chi connectivity index (χ3n) is 2.32. The number of benzene rings is 1. The van der Waals surface area contributed by atoms with Crippen molar-refractivity contribution in [2.45, 2.75) is 13.0 Å². The second kappa shape index (κ2) is 4.82. The summed E-state index contributed by atoms with van der Waals surface area (Å²) in [6.45, 7) is 1.98. The number of rotatable bonds is 4. The van der Waals surface area contributed by atoms with E-state index < -0.39 is 10.4 Å². The molecule has 1 N–H and O–H groups in total. The van der Waals surface area contributed by atoms with Gasteiger partial charge in [0, 0.05) is 6.04 Å². The second-order valence-corrected chi connectivity index (χ2v) is 4.75. The van der Waals surface area contributed by atoms with E-state index in [1.807, 2.05) is 32.0 Å². The molecule has 16 heavy (non-hydrogen) atoms. The highest BCUT2D eigenvalue weighted by Gasteiger charge is 2.11. The molecular formula is C10H15NO4S. The van der Waals surface area contributed by atoms with Crippen molar-refractivity contribution in [1.82, 2.24) is 4.90 Å². The molecule has 5 nitrogen and oxygen atoms in total. The van der Waals surface area contributed by atoms with Crippen LogP contribution >= 0.6 is 0 Å². The van der Waals surface area contributed by atoms with Gasteiger partial charge < -0.3 is 9.08 Å². The number of hydrogen-bond acceptors (Lipinski definition) is 4. The summed E-state index contributed by atoms with van der Waals surface area (Å²) < 4.78 is 34.0. The third kappa shape index (κ3) is 3.80. The van der Waals surface area contributed by atoms with Gasteiger partial charge in [-0.1, -0.05) is 12.1 Å². The Labute approximate surface area is 95.6 Å². The molecule has 0 saturated heterocycles. The smallest absolute Gasteiger partial charge is 0.362 e. The van der Waals surface area contributed by atoms with Crippen LogP contribution in [0.4, 0.5) is 0 Å². The van der Waals surface area contributed by atoms with E-state index in [0.717, 1.165) is 5.56 Å². The lowest BCUT2D eigenvalue weighted by molar-refractivity contribution is 0.320. The molecule has 0 aliphatic rings. The van der Waals surface area contributed by atoms with Crippen LogP contribution in [0.25, 0.3) is 0 Å². The largest absolute Gasteiger partial charge is 0.446 e. The lowest BCUT2D eigenvalue weighted by Crippen LogP contribution is -2.16. The average molecular weight is 245 g/mol. The molecule has 0 radical (unpaired) electrons. The van der Waals surface area contributed by atoms with Gasteiger partial charge in [0.05, 0.1) is 0 Å². The summed E-state index contributed by atoms with van der Waals surface area (Å²) in [6, 6.07) is 6.72. The van der Waals surface area contributed by atoms with Crippen molar-refractivity contribution in [2.75, 3.05) is 14.1 Å². The summed E-state index contributed by atoms with van der Waals surface area (Å²) >= 11 is 0. The summed E-state index contributed by atoms with van der Waals surface area (Å²) in [7, 11) is -0.618. The Balaban J connectivity index is 2.95. The Morgan fingerprint density at radius 3 is 2.50 bits per heavy atom. The van der Waals surface area contributed by atoms with Gasteiger partial charge in [-0.2, -0.15) is 8.42 Å². The van der Waals surface area contributed by atoms with E-state index in [9.17, 15) is 8.42 Å². The van der Waals surface area contributed by atoms with Crippen LogP contribution in [0.3, 0.4) is 0 Å². The molecule has 0 amide bonds. The predicted molar refractivity (Wildman–Crippen MR) is 60.7 cm³/mol. The van der Waals surface area contributed by atoms with Gasteiger partial charge in [-0.15, -0.1) is 0 Å². The summed E-state index contributed by atoms with van der Waals surface area (Å²) in [6.07, 6.45) is 0. The van der Waals surface area contributed by atoms with E-state index in [0.29, 0.717) is 0 Å². The van der Waals surface area contributed by atoms with Gasteiger partial charge in [-0.25, -0.2) is 0 Å². The fourth-order valence-electron chi connectivity index (χ4n) is 1.25. The molecule has 0 fully saturated rings. The molecule has 0 aliphatic carbocycles. The molecule has 0 unspecified atom stereocenters. The molecule has 1 rings (SSSR count). The van der Waals surface area contributed by atoms with Crippen LogP contribution in [0.2, 0.25) is 0 Å². The molecule has 0 saturated carbocycles. The predicted octanol–water partition coefficient (Wildman–Crippen LogP) is 1.49. The van der Waals surface area contributed by atoms with Gasteiger partial charge in [0.1, 0.15) is 5.75 Å². The van der Waals surface area contributed by atoms with Crippen molar-refractivity contribution < 1.29 is 17.2 Å². The first kappa shape index (κ1) is 13.0. The third-order valence-corrected chi connectivity index (χ3v) is 2.72. The van der Waals surface area contributed by atoms with Gasteiger partial charge in [0.15, 0.2) is 0 Å². The quantitative estimate of drug-likeness (QED) is 0.814. The van der Waals surface area contributed by atoms with Crippen LogP contribution in [0.1, 0.15) is 18.5 Å². The average Bonchev–Trinajstić information content (AvgIpc) is 2.14. The summed E-state index contributed by atoms with van der Waals surface area (Å²) in [5.74, 6) is 0.105. The van der Waals surface area contributed by atoms with E-state index >= 15 is 0 Å². The van der Waals surface area contributed by atoms with E-state index in [4.69, 9.17) is 4.55 Å². The highest BCUT2D eigenvalue weighted by molar-refractivity contribution is 7.81. The topological polar surface area (TPSA) is 66.8 Å². The monoisotopic (exact) mass is 245 g/mol. The minimum atomic E-state index is -4.45. The fraction of sp³-hybridized carbons (Fsp3) is 0.400. The Morgan fingerprint density at radius 1 is 1.38 bits per heavy atom. The SMILES string of the molecule is C[C@@H](c1cccc(OS(=O)(=O)O)c1)N(C)C. The van der Waals surface area contributed by atoms with Crippen LogP contribution in [0.5, 0.6) is 5.75 Å². The molecule has 0 aromatic heterocycles. The highest BCUT2D eigenvalue weighted by atomic mass is 32.3. The highest BCUT2D eigenvalue weighted by Crippen LogP contribution is 2.22. The van der Waals surface area contributed by atoms with Gasteiger partial charge in [0.2, 0.25) is 0 Å². The first-order chi connectivity index (χ1) is 7.29. The summed E-state index contributed by atoms with van der Waals surface area (Å²) in [5, 5.41) is 0. The van der Waals surface area contributed by atoms with E-state index in [2.05, 4.69) is 4.18 Å². The Kier molecular flexibility index (Phi) is 3.90. The van der Waals surface area contributed by atoms with Crippen LogP contribution in [-0.4, -0.2) is 32.0 Å². The Hall–Kier alpha value is -1.11. The van der Waals surface area contributed by atoms with Crippen LogP contribution < -0.4 is 4.18 Å². The summed E-state index contributed by atoms with van der Waals surface area (Å²) in [4.78, 5) is 1.98. The zero-order valence-corrected chi connectivity index (χ0v) is 10.2. The lowest BCUT2D eigenvalue weighted by Gasteiger charge is -2.20. The lowest BCUT2D eigenvalue weighted by atomic mass is 10.1. The molecule has 90 valence electrons. The number of nitrogens with zero attached hydrogens (tertiary/aromatic N) is 1. The van der Waals surface area contributed by atoms with E-state index in [1.165, 1.54) is 6.07 Å². The maximum Gasteiger partial charge on any atom is 0.446 e. The van der Waals surface area contributed by atoms with Crippen molar-refractivity contribution in [2.24, 2.45) is 0 Å². The number of hydrogen-bond donors (Lipinski definition) is 1. The van der Waals surface area contributed by atoms with Crippen molar-refractivity contribution >= 4 is 10.4 Å². The first-order valence-corrected chi connectivity index (χ1v) is 6.09. The molecule has 1 atom stereocenters. The van der Waals surface area contributed by atoms with Gasteiger partial charge in [-0.05, 0) is 38.7 Å². The standard InChI is InChI=1S/C10H15NO4S/c1-8(11(2)3)9-5-4-6-10(7-9)15-16(12,13)14/h4-8H,1-3H3,(H,12,13,14)/t8-/m0/s1. The normalized spacial score (nSPS) is 13.8. The Morgan fingerprint density at radius 2 is 2.00 bits per heavy atom. The molecule has 0 aliphatic heterocycles. The minimum absolute atomic E-state index is 0.105. The van der Waals surface area contributed by atoms with Crippen molar-refractivity contribution in [3.63, 3.8) is 0 Å². The molecule has 0 heterocycles. The van der Waals surface area contributed by atoms with Crippen molar-refractivity contribution in [3.05, 3.63) is 29.8 Å². The summed E-state index contributed by atoms with van der Waals surface area (Å²) in [5.41, 5.74) is 0.908. The first-order valence-electron chi connectivity index (χ1n) is 4.73. The van der Waals surface area contributed by atoms with Gasteiger partial charge in [0.25, 0.3) is 0 Å². The maximum atomic E-state index is 10.5. The van der Waals surface area contributed by atoms with E-state index in [-0.39, 0.29) is 11.8 Å². The van der Waals surface area contributed by atoms with Crippen molar-refractivity contribution in [1.29, 1.82) is 0 Å². The fourth-order valence-corrected chi connectivity index (χ4v) is 1.59. The molecule has 6 heteroatoms. The maximum absolute atomic E-state index is 10.5. The van der Waals surface area contributed by atoms with E-state index in [1.54, 1.807) is 12.1 Å². The van der Waals surface area contributed by atoms with Gasteiger partial charge >= 0.3 is 10.4 Å². The Bertz CT molecular complexity index is 456. The molecule has 0 spiro atoms. The van der Waals surface area contributed by atoms with Crippen molar-refractivity contribution in [3.8, 4) is 5.75 Å². The molecular weight excluding hydrogens is 230 g/mol. The zero-order chi connectivity index (χ0) is 12.3. The molecule has 1 aromatic rings.